The summed E-state index contributed by atoms with van der Waals surface area (Å²) in [5, 5.41) is 4.65. The second-order valence-electron chi connectivity index (χ2n) is 22.3. The molecule has 0 atom stereocenters. The highest BCUT2D eigenvalue weighted by atomic mass is 16.5. The molecule has 0 amide bonds. The van der Waals surface area contributed by atoms with Crippen LogP contribution in [0.5, 0.6) is 11.5 Å². The lowest BCUT2D eigenvalue weighted by atomic mass is 9.90. The first-order chi connectivity index (χ1) is 37.5. The second kappa shape index (κ2) is 27.4. The number of aryl methyl sites for hydroxylation is 4. The minimum Gasteiger partial charge on any atom is -0.422 e. The number of hydrogen-bond acceptors (Lipinski definition) is 4. The van der Waals surface area contributed by atoms with Gasteiger partial charge >= 0.3 is 11.9 Å². The average Bonchev–Trinajstić information content (AvgIpc) is 4.01. The van der Waals surface area contributed by atoms with Gasteiger partial charge in [-0.1, -0.05) is 241 Å². The first-order valence-electron chi connectivity index (χ1n) is 30.4. The molecule has 4 nitrogen and oxygen atoms in total. The standard InChI is InChI=1S/C72H86O4/c1-5-9-13-17-21-25-33-51-37-31-41-59-63(51)65-53(35-27-23-19-15-11-7-3)43-45-55-47-49-61(69(59)67(55)65)75-71(73)57-39-29-30-40-58(57)72(74)76-62-50-48-56-46-44-54(36-28-24-20-16-12-8-4)66-64-52(34-26-22-18-14-10-6-2)38-32-42-60(64)70(62)68(56)66/h29-32,37-50H,5-28,33-36H2,1-4H3. The van der Waals surface area contributed by atoms with Crippen LogP contribution in [-0.4, -0.2) is 11.9 Å². The molecule has 398 valence electrons. The number of rotatable bonds is 32. The summed E-state index contributed by atoms with van der Waals surface area (Å²) in [7, 11) is 0. The SMILES string of the molecule is CCCCCCCCc1cccc2c1-c1c(CCCCCCCC)ccc3ccc(OC(=O)c4ccccc4C(=O)Oc4ccc5ccc(CCCCCCCC)c6c5c4-c4cccc(CCCCCCCC)c4-6)c-2c13. The molecular weight excluding hydrogens is 929 g/mol. The van der Waals surface area contributed by atoms with E-state index in [0.717, 1.165) is 84.4 Å². The molecule has 76 heavy (non-hydrogen) atoms. The third-order valence-corrected chi connectivity index (χ3v) is 16.8. The highest BCUT2D eigenvalue weighted by Crippen LogP contribution is 2.56. The van der Waals surface area contributed by atoms with Crippen molar-refractivity contribution in [3.63, 3.8) is 0 Å². The van der Waals surface area contributed by atoms with Crippen LogP contribution in [0.2, 0.25) is 0 Å². The largest absolute Gasteiger partial charge is 0.422 e. The van der Waals surface area contributed by atoms with E-state index in [1.165, 1.54) is 184 Å². The zero-order chi connectivity index (χ0) is 52.6. The summed E-state index contributed by atoms with van der Waals surface area (Å²) in [5.74, 6) is -0.0955. The van der Waals surface area contributed by atoms with Crippen LogP contribution >= 0.6 is 0 Å². The van der Waals surface area contributed by atoms with E-state index in [-0.39, 0.29) is 11.1 Å². The van der Waals surface area contributed by atoms with Gasteiger partial charge in [-0.3, -0.25) is 0 Å². The highest BCUT2D eigenvalue weighted by molar-refractivity contribution is 6.20. The molecule has 4 heteroatoms. The normalized spacial score (nSPS) is 11.9. The Labute approximate surface area is 456 Å². The maximum Gasteiger partial charge on any atom is 0.344 e. The van der Waals surface area contributed by atoms with Gasteiger partial charge in [0.2, 0.25) is 0 Å². The fourth-order valence-electron chi connectivity index (χ4n) is 12.7. The lowest BCUT2D eigenvalue weighted by Crippen LogP contribution is -2.18. The van der Waals surface area contributed by atoms with Crippen molar-refractivity contribution in [1.29, 1.82) is 0 Å². The Bertz CT molecular complexity index is 2890. The summed E-state index contributed by atoms with van der Waals surface area (Å²) in [6.45, 7) is 9.11. The van der Waals surface area contributed by atoms with Gasteiger partial charge in [-0.25, -0.2) is 9.59 Å². The molecule has 0 N–H and O–H groups in total. The highest BCUT2D eigenvalue weighted by Gasteiger charge is 2.33. The molecule has 0 saturated heterocycles. The zero-order valence-corrected chi connectivity index (χ0v) is 46.8. The fraction of sp³-hybridized carbons (Fsp3) is 0.444. The van der Waals surface area contributed by atoms with Crippen molar-refractivity contribution in [3.05, 3.63) is 143 Å². The smallest absolute Gasteiger partial charge is 0.344 e. The van der Waals surface area contributed by atoms with Crippen LogP contribution in [0.1, 0.15) is 225 Å². The van der Waals surface area contributed by atoms with E-state index in [1.54, 1.807) is 24.3 Å². The maximum absolute atomic E-state index is 14.8. The van der Waals surface area contributed by atoms with E-state index >= 15 is 0 Å². The molecule has 0 heterocycles. The van der Waals surface area contributed by atoms with E-state index in [1.807, 2.05) is 12.1 Å². The topological polar surface area (TPSA) is 52.6 Å². The van der Waals surface area contributed by atoms with Crippen LogP contribution in [0.15, 0.2) is 109 Å². The number of esters is 2. The number of carbonyl (C=O) groups excluding carboxylic acids is 2. The van der Waals surface area contributed by atoms with Crippen molar-refractivity contribution in [2.75, 3.05) is 0 Å². The van der Waals surface area contributed by atoms with Gasteiger partial charge in [0.1, 0.15) is 11.5 Å². The van der Waals surface area contributed by atoms with Crippen molar-refractivity contribution >= 4 is 33.5 Å². The number of hydrogen-bond donors (Lipinski definition) is 0. The molecule has 0 unspecified atom stereocenters. The van der Waals surface area contributed by atoms with Crippen LogP contribution < -0.4 is 9.47 Å². The Hall–Kier alpha value is -6.00. The van der Waals surface area contributed by atoms with Gasteiger partial charge < -0.3 is 9.47 Å². The van der Waals surface area contributed by atoms with Gasteiger partial charge in [0.15, 0.2) is 0 Å². The molecule has 0 saturated carbocycles. The van der Waals surface area contributed by atoms with Gasteiger partial charge in [-0.2, -0.15) is 0 Å². The Kier molecular flexibility index (Phi) is 19.7. The molecule has 7 aromatic rings. The summed E-state index contributed by atoms with van der Waals surface area (Å²) in [6.07, 6.45) is 34.1. The average molecular weight is 1020 g/mol. The molecule has 0 fully saturated rings. The van der Waals surface area contributed by atoms with Gasteiger partial charge in [0.05, 0.1) is 11.1 Å². The van der Waals surface area contributed by atoms with Crippen molar-refractivity contribution < 1.29 is 19.1 Å². The van der Waals surface area contributed by atoms with E-state index in [4.69, 9.17) is 9.47 Å². The van der Waals surface area contributed by atoms with Crippen molar-refractivity contribution in [3.8, 4) is 56.0 Å². The van der Waals surface area contributed by atoms with Gasteiger partial charge in [-0.15, -0.1) is 0 Å². The molecule has 2 aliphatic carbocycles. The first kappa shape index (κ1) is 54.8. The van der Waals surface area contributed by atoms with E-state index in [9.17, 15) is 9.59 Å². The van der Waals surface area contributed by atoms with Gasteiger partial charge in [-0.05, 0) is 142 Å². The molecule has 9 rings (SSSR count). The molecular formula is C72H86O4. The minimum absolute atomic E-state index is 0.188. The predicted octanol–water partition coefficient (Wildman–Crippen LogP) is 21.3. The Balaban J connectivity index is 1.02. The van der Waals surface area contributed by atoms with Crippen molar-refractivity contribution in [1.82, 2.24) is 0 Å². The number of fused-ring (bicyclic) bond motifs is 6. The summed E-state index contributed by atoms with van der Waals surface area (Å²) < 4.78 is 13.1. The van der Waals surface area contributed by atoms with Crippen molar-refractivity contribution in [2.45, 2.75) is 207 Å². The molecule has 7 aromatic carbocycles. The molecule has 0 aromatic heterocycles. The Morgan fingerprint density at radius 2 is 0.618 bits per heavy atom. The number of carbonyl (C=O) groups is 2. The molecule has 0 radical (unpaired) electrons. The van der Waals surface area contributed by atoms with Crippen LogP contribution in [0.3, 0.4) is 0 Å². The molecule has 0 bridgehead atoms. The first-order valence-corrected chi connectivity index (χ1v) is 30.4. The lowest BCUT2D eigenvalue weighted by Gasteiger charge is -2.14. The third kappa shape index (κ3) is 12.4. The Morgan fingerprint density at radius 3 is 0.974 bits per heavy atom. The third-order valence-electron chi connectivity index (χ3n) is 16.8. The van der Waals surface area contributed by atoms with Crippen LogP contribution in [0, 0.1) is 0 Å². The van der Waals surface area contributed by atoms with Gasteiger partial charge in [0, 0.05) is 21.9 Å². The predicted molar refractivity (Wildman–Crippen MR) is 321 cm³/mol. The summed E-state index contributed by atoms with van der Waals surface area (Å²) in [5.41, 5.74) is 15.4. The number of unbranched alkanes of at least 4 members (excludes halogenated alkanes) is 20. The second-order valence-corrected chi connectivity index (χ2v) is 22.3. The zero-order valence-electron chi connectivity index (χ0n) is 46.8. The van der Waals surface area contributed by atoms with Crippen LogP contribution in [-0.2, 0) is 25.7 Å². The maximum atomic E-state index is 14.8. The fourth-order valence-corrected chi connectivity index (χ4v) is 12.7. The van der Waals surface area contributed by atoms with E-state index in [2.05, 4.69) is 100 Å². The van der Waals surface area contributed by atoms with Gasteiger partial charge in [0.25, 0.3) is 0 Å². The number of benzene rings is 7. The molecule has 0 spiro atoms. The summed E-state index contributed by atoms with van der Waals surface area (Å²) in [6, 6.07) is 37.8. The van der Waals surface area contributed by atoms with E-state index in [0.29, 0.717) is 11.5 Å². The minimum atomic E-state index is -0.570. The van der Waals surface area contributed by atoms with Crippen LogP contribution in [0.4, 0.5) is 0 Å². The summed E-state index contributed by atoms with van der Waals surface area (Å²) >= 11 is 0. The van der Waals surface area contributed by atoms with Crippen LogP contribution in [0.25, 0.3) is 66.1 Å². The van der Waals surface area contributed by atoms with Crippen molar-refractivity contribution in [2.24, 2.45) is 0 Å². The Morgan fingerprint density at radius 1 is 0.303 bits per heavy atom. The lowest BCUT2D eigenvalue weighted by molar-refractivity contribution is 0.0693. The molecule has 2 aliphatic rings. The number of ether oxygens (including phenoxy) is 2. The quantitative estimate of drug-likeness (QED) is 0.0240. The van der Waals surface area contributed by atoms with E-state index < -0.39 is 11.9 Å². The monoisotopic (exact) mass is 1010 g/mol. The molecule has 0 aliphatic heterocycles. The summed E-state index contributed by atoms with van der Waals surface area (Å²) in [4.78, 5) is 29.6.